The highest BCUT2D eigenvalue weighted by atomic mass is 16.3. The zero-order valence-electron chi connectivity index (χ0n) is 10.6. The standard InChI is InChI=1S/C12H26N2O/c1-5-13-8-11(2,3)9-14-7-6-12(4,15)10-14/h13,15H,5-10H2,1-4H3. The van der Waals surface area contributed by atoms with E-state index in [4.69, 9.17) is 0 Å². The van der Waals surface area contributed by atoms with E-state index in [0.717, 1.165) is 39.1 Å². The summed E-state index contributed by atoms with van der Waals surface area (Å²) >= 11 is 0. The molecule has 1 atom stereocenters. The molecule has 1 saturated heterocycles. The molecule has 0 aromatic rings. The van der Waals surface area contributed by atoms with Crippen molar-refractivity contribution in [3.05, 3.63) is 0 Å². The maximum absolute atomic E-state index is 9.88. The Bertz CT molecular complexity index is 202. The van der Waals surface area contributed by atoms with E-state index < -0.39 is 5.60 Å². The van der Waals surface area contributed by atoms with Crippen LogP contribution < -0.4 is 5.32 Å². The van der Waals surface area contributed by atoms with Crippen molar-refractivity contribution in [1.82, 2.24) is 10.2 Å². The molecule has 1 aliphatic heterocycles. The fraction of sp³-hybridized carbons (Fsp3) is 1.00. The number of rotatable bonds is 5. The molecule has 1 unspecified atom stereocenters. The van der Waals surface area contributed by atoms with Gasteiger partial charge >= 0.3 is 0 Å². The van der Waals surface area contributed by atoms with E-state index in [-0.39, 0.29) is 5.41 Å². The summed E-state index contributed by atoms with van der Waals surface area (Å²) in [6.45, 7) is 13.6. The van der Waals surface area contributed by atoms with Crippen LogP contribution in [0.15, 0.2) is 0 Å². The fourth-order valence-electron chi connectivity index (χ4n) is 2.30. The van der Waals surface area contributed by atoms with E-state index in [1.165, 1.54) is 0 Å². The van der Waals surface area contributed by atoms with Crippen LogP contribution in [-0.4, -0.2) is 48.3 Å². The summed E-state index contributed by atoms with van der Waals surface area (Å²) in [6.07, 6.45) is 0.907. The first-order valence-corrected chi connectivity index (χ1v) is 6.00. The van der Waals surface area contributed by atoms with Crippen molar-refractivity contribution in [3.8, 4) is 0 Å². The van der Waals surface area contributed by atoms with Gasteiger partial charge in [0.15, 0.2) is 0 Å². The minimum absolute atomic E-state index is 0.288. The largest absolute Gasteiger partial charge is 0.389 e. The number of nitrogens with one attached hydrogen (secondary N) is 1. The monoisotopic (exact) mass is 214 g/mol. The Hall–Kier alpha value is -0.120. The molecular formula is C12H26N2O. The smallest absolute Gasteiger partial charge is 0.0758 e. The van der Waals surface area contributed by atoms with Gasteiger partial charge in [-0.3, -0.25) is 4.90 Å². The first-order chi connectivity index (χ1) is 6.85. The van der Waals surface area contributed by atoms with Crippen LogP contribution >= 0.6 is 0 Å². The van der Waals surface area contributed by atoms with Gasteiger partial charge in [0.05, 0.1) is 5.60 Å². The molecule has 0 amide bonds. The van der Waals surface area contributed by atoms with Gasteiger partial charge in [-0.2, -0.15) is 0 Å². The minimum Gasteiger partial charge on any atom is -0.389 e. The molecule has 0 saturated carbocycles. The van der Waals surface area contributed by atoms with Gasteiger partial charge in [-0.15, -0.1) is 0 Å². The van der Waals surface area contributed by atoms with E-state index in [1.54, 1.807) is 0 Å². The molecule has 0 aromatic heterocycles. The van der Waals surface area contributed by atoms with Gasteiger partial charge in [0, 0.05) is 26.2 Å². The van der Waals surface area contributed by atoms with Crippen molar-refractivity contribution in [2.45, 2.75) is 39.7 Å². The minimum atomic E-state index is -0.464. The van der Waals surface area contributed by atoms with Crippen molar-refractivity contribution in [1.29, 1.82) is 0 Å². The molecule has 1 fully saturated rings. The van der Waals surface area contributed by atoms with Gasteiger partial charge < -0.3 is 10.4 Å². The Morgan fingerprint density at radius 2 is 2.13 bits per heavy atom. The Morgan fingerprint density at radius 3 is 2.60 bits per heavy atom. The summed E-state index contributed by atoms with van der Waals surface area (Å²) in [7, 11) is 0. The topological polar surface area (TPSA) is 35.5 Å². The first kappa shape index (κ1) is 12.9. The van der Waals surface area contributed by atoms with Crippen molar-refractivity contribution in [3.63, 3.8) is 0 Å². The predicted octanol–water partition coefficient (Wildman–Crippen LogP) is 1.08. The van der Waals surface area contributed by atoms with E-state index in [2.05, 4.69) is 31.0 Å². The van der Waals surface area contributed by atoms with Crippen molar-refractivity contribution < 1.29 is 5.11 Å². The first-order valence-electron chi connectivity index (χ1n) is 6.00. The van der Waals surface area contributed by atoms with E-state index in [0.29, 0.717) is 0 Å². The van der Waals surface area contributed by atoms with E-state index in [9.17, 15) is 5.11 Å². The fourth-order valence-corrected chi connectivity index (χ4v) is 2.30. The lowest BCUT2D eigenvalue weighted by molar-refractivity contribution is 0.0631. The van der Waals surface area contributed by atoms with E-state index in [1.807, 2.05) is 6.92 Å². The molecule has 0 aliphatic carbocycles. The molecule has 0 bridgehead atoms. The van der Waals surface area contributed by atoms with Gasteiger partial charge in [-0.1, -0.05) is 20.8 Å². The van der Waals surface area contributed by atoms with Crippen LogP contribution in [0.25, 0.3) is 0 Å². The van der Waals surface area contributed by atoms with Gasteiger partial charge in [0.2, 0.25) is 0 Å². The summed E-state index contributed by atoms with van der Waals surface area (Å²) in [5, 5.41) is 13.3. The molecule has 0 spiro atoms. The second-order valence-electron chi connectivity index (χ2n) is 5.90. The summed E-state index contributed by atoms with van der Waals surface area (Å²) in [4.78, 5) is 2.37. The summed E-state index contributed by atoms with van der Waals surface area (Å²) < 4.78 is 0. The lowest BCUT2D eigenvalue weighted by Crippen LogP contribution is -2.41. The number of aliphatic hydroxyl groups is 1. The van der Waals surface area contributed by atoms with Crippen molar-refractivity contribution in [2.75, 3.05) is 32.7 Å². The SMILES string of the molecule is CCNCC(C)(C)CN1CCC(C)(O)C1. The summed E-state index contributed by atoms with van der Waals surface area (Å²) in [5.41, 5.74) is -0.176. The van der Waals surface area contributed by atoms with Gasteiger partial charge in [-0.25, -0.2) is 0 Å². The lowest BCUT2D eigenvalue weighted by Gasteiger charge is -2.30. The molecular weight excluding hydrogens is 188 g/mol. The second-order valence-corrected chi connectivity index (χ2v) is 5.90. The van der Waals surface area contributed by atoms with Crippen molar-refractivity contribution in [2.24, 2.45) is 5.41 Å². The maximum Gasteiger partial charge on any atom is 0.0758 e. The molecule has 0 radical (unpaired) electrons. The molecule has 0 aromatic carbocycles. The van der Waals surface area contributed by atoms with Gasteiger partial charge in [-0.05, 0) is 25.3 Å². The number of hydrogen-bond donors (Lipinski definition) is 2. The highest BCUT2D eigenvalue weighted by molar-refractivity contribution is 4.88. The number of likely N-dealkylation sites (tertiary alicyclic amines) is 1. The summed E-state index contributed by atoms with van der Waals surface area (Å²) in [5.74, 6) is 0. The molecule has 3 heteroatoms. The van der Waals surface area contributed by atoms with Crippen LogP contribution in [-0.2, 0) is 0 Å². The highest BCUT2D eigenvalue weighted by Crippen LogP contribution is 2.24. The maximum atomic E-state index is 9.88. The van der Waals surface area contributed by atoms with Crippen LogP contribution in [0.1, 0.15) is 34.1 Å². The average Bonchev–Trinajstić information content (AvgIpc) is 2.41. The zero-order valence-corrected chi connectivity index (χ0v) is 10.6. The van der Waals surface area contributed by atoms with Gasteiger partial charge in [0.1, 0.15) is 0 Å². The molecule has 1 rings (SSSR count). The van der Waals surface area contributed by atoms with Crippen LogP contribution in [0.3, 0.4) is 0 Å². The highest BCUT2D eigenvalue weighted by Gasteiger charge is 2.33. The molecule has 90 valence electrons. The number of nitrogens with zero attached hydrogens (tertiary/aromatic N) is 1. The summed E-state index contributed by atoms with van der Waals surface area (Å²) in [6, 6.07) is 0. The van der Waals surface area contributed by atoms with Crippen LogP contribution in [0.4, 0.5) is 0 Å². The zero-order chi connectivity index (χ0) is 11.5. The Morgan fingerprint density at radius 1 is 1.47 bits per heavy atom. The Balaban J connectivity index is 2.35. The third-order valence-electron chi connectivity index (χ3n) is 3.04. The van der Waals surface area contributed by atoms with Crippen LogP contribution in [0.5, 0.6) is 0 Å². The molecule has 2 N–H and O–H groups in total. The molecule has 1 aliphatic rings. The van der Waals surface area contributed by atoms with Crippen LogP contribution in [0, 0.1) is 5.41 Å². The van der Waals surface area contributed by atoms with Crippen LogP contribution in [0.2, 0.25) is 0 Å². The predicted molar refractivity (Wildman–Crippen MR) is 64.0 cm³/mol. The third kappa shape index (κ3) is 4.49. The molecule has 3 nitrogen and oxygen atoms in total. The molecule has 15 heavy (non-hydrogen) atoms. The Labute approximate surface area is 93.9 Å². The van der Waals surface area contributed by atoms with E-state index >= 15 is 0 Å². The number of hydrogen-bond acceptors (Lipinski definition) is 3. The van der Waals surface area contributed by atoms with Crippen molar-refractivity contribution >= 4 is 0 Å². The lowest BCUT2D eigenvalue weighted by atomic mass is 9.92. The average molecular weight is 214 g/mol. The third-order valence-corrected chi connectivity index (χ3v) is 3.04. The second kappa shape index (κ2) is 4.81. The van der Waals surface area contributed by atoms with Gasteiger partial charge in [0.25, 0.3) is 0 Å². The quantitative estimate of drug-likeness (QED) is 0.719. The Kier molecular flexibility index (Phi) is 4.15. The normalized spacial score (nSPS) is 28.6. The molecule has 1 heterocycles. The number of β-amino-alcohol motifs (C(OH)–C–C–N with tert-alkyl or cyclic N) is 1.